The Kier molecular flexibility index (Phi) is 3.19. The Bertz CT molecular complexity index is 563. The zero-order valence-corrected chi connectivity index (χ0v) is 10.5. The number of rotatable bonds is 2. The van der Waals surface area contributed by atoms with Gasteiger partial charge >= 0.3 is 0 Å². The molecule has 0 fully saturated rings. The number of benzene rings is 1. The molecule has 0 radical (unpaired) electrons. The lowest BCUT2D eigenvalue weighted by Crippen LogP contribution is -2.12. The van der Waals surface area contributed by atoms with Crippen LogP contribution in [0, 0.1) is 6.92 Å². The van der Waals surface area contributed by atoms with Crippen molar-refractivity contribution in [2.45, 2.75) is 11.8 Å². The number of hydrogen-bond donors (Lipinski definition) is 2. The third kappa shape index (κ3) is 2.50. The fourth-order valence-corrected chi connectivity index (χ4v) is 1.84. The maximum absolute atomic E-state index is 12.0. The molecular formula is C12H13N3OS. The van der Waals surface area contributed by atoms with Crippen molar-refractivity contribution in [1.29, 1.82) is 0 Å². The summed E-state index contributed by atoms with van der Waals surface area (Å²) in [5.74, 6) is -0.174. The standard InChI is InChI=1S/C12H13N3OS/c1-8-10(7-15(2)14-8)13-12(16)9-5-3-4-6-11(9)17/h3-7,17H,1-2H3,(H,13,16). The van der Waals surface area contributed by atoms with Crippen LogP contribution in [0.15, 0.2) is 35.4 Å². The van der Waals surface area contributed by atoms with Gasteiger partial charge in [0.1, 0.15) is 0 Å². The topological polar surface area (TPSA) is 46.9 Å². The highest BCUT2D eigenvalue weighted by atomic mass is 32.1. The van der Waals surface area contributed by atoms with E-state index < -0.39 is 0 Å². The third-order valence-electron chi connectivity index (χ3n) is 2.41. The van der Waals surface area contributed by atoms with Crippen molar-refractivity contribution in [1.82, 2.24) is 9.78 Å². The smallest absolute Gasteiger partial charge is 0.256 e. The van der Waals surface area contributed by atoms with Gasteiger partial charge in [-0.25, -0.2) is 0 Å². The molecule has 4 nitrogen and oxygen atoms in total. The van der Waals surface area contributed by atoms with Crippen molar-refractivity contribution in [3.8, 4) is 0 Å². The third-order valence-corrected chi connectivity index (χ3v) is 2.80. The van der Waals surface area contributed by atoms with Crippen molar-refractivity contribution >= 4 is 24.2 Å². The van der Waals surface area contributed by atoms with Gasteiger partial charge in [-0.1, -0.05) is 12.1 Å². The molecule has 0 unspecified atom stereocenters. The molecule has 0 bridgehead atoms. The second-order valence-electron chi connectivity index (χ2n) is 3.77. The molecule has 0 saturated carbocycles. The van der Waals surface area contributed by atoms with Crippen LogP contribution in [-0.4, -0.2) is 15.7 Å². The number of aromatic nitrogens is 2. The molecule has 1 aromatic carbocycles. The van der Waals surface area contributed by atoms with Crippen LogP contribution in [0.4, 0.5) is 5.69 Å². The first-order valence-corrected chi connectivity index (χ1v) is 5.62. The summed E-state index contributed by atoms with van der Waals surface area (Å²) in [6.07, 6.45) is 1.77. The summed E-state index contributed by atoms with van der Waals surface area (Å²) >= 11 is 4.25. The Morgan fingerprint density at radius 2 is 2.12 bits per heavy atom. The Labute approximate surface area is 105 Å². The fraction of sp³-hybridized carbons (Fsp3) is 0.167. The lowest BCUT2D eigenvalue weighted by Gasteiger charge is -2.05. The van der Waals surface area contributed by atoms with Crippen molar-refractivity contribution in [2.75, 3.05) is 5.32 Å². The normalized spacial score (nSPS) is 10.3. The summed E-state index contributed by atoms with van der Waals surface area (Å²) in [6.45, 7) is 1.85. The Morgan fingerprint density at radius 3 is 2.71 bits per heavy atom. The molecule has 1 aromatic heterocycles. The van der Waals surface area contributed by atoms with E-state index in [1.54, 1.807) is 23.0 Å². The van der Waals surface area contributed by atoms with E-state index in [4.69, 9.17) is 0 Å². The van der Waals surface area contributed by atoms with E-state index in [1.807, 2.05) is 26.1 Å². The van der Waals surface area contributed by atoms with Gasteiger partial charge in [0.2, 0.25) is 0 Å². The second kappa shape index (κ2) is 4.63. The maximum Gasteiger partial charge on any atom is 0.256 e. The molecular weight excluding hydrogens is 234 g/mol. The molecule has 5 heteroatoms. The molecule has 1 heterocycles. The van der Waals surface area contributed by atoms with Crippen molar-refractivity contribution in [3.63, 3.8) is 0 Å². The van der Waals surface area contributed by atoms with Gasteiger partial charge < -0.3 is 5.32 Å². The largest absolute Gasteiger partial charge is 0.319 e. The fourth-order valence-electron chi connectivity index (χ4n) is 1.58. The number of nitrogens with zero attached hydrogens (tertiary/aromatic N) is 2. The first-order chi connectivity index (χ1) is 8.08. The molecule has 0 aliphatic rings. The molecule has 0 atom stereocenters. The molecule has 0 spiro atoms. The van der Waals surface area contributed by atoms with Gasteiger partial charge in [0.15, 0.2) is 0 Å². The van der Waals surface area contributed by atoms with Gasteiger partial charge in [0.25, 0.3) is 5.91 Å². The van der Waals surface area contributed by atoms with E-state index in [1.165, 1.54) is 0 Å². The minimum atomic E-state index is -0.174. The zero-order valence-electron chi connectivity index (χ0n) is 9.64. The number of anilines is 1. The van der Waals surface area contributed by atoms with Crippen LogP contribution in [0.5, 0.6) is 0 Å². The Balaban J connectivity index is 2.23. The minimum Gasteiger partial charge on any atom is -0.319 e. The summed E-state index contributed by atoms with van der Waals surface area (Å²) in [5, 5.41) is 6.98. The van der Waals surface area contributed by atoms with Crippen molar-refractivity contribution in [2.24, 2.45) is 7.05 Å². The zero-order chi connectivity index (χ0) is 12.4. The molecule has 0 saturated heterocycles. The quantitative estimate of drug-likeness (QED) is 0.800. The molecule has 0 aliphatic carbocycles. The number of carbonyl (C=O) groups excluding carboxylic acids is 1. The summed E-state index contributed by atoms with van der Waals surface area (Å²) in [4.78, 5) is 12.7. The summed E-state index contributed by atoms with van der Waals surface area (Å²) < 4.78 is 1.66. The molecule has 1 N–H and O–H groups in total. The monoisotopic (exact) mass is 247 g/mol. The summed E-state index contributed by atoms with van der Waals surface area (Å²) in [7, 11) is 1.81. The van der Waals surface area contributed by atoms with Crippen LogP contribution in [0.1, 0.15) is 16.1 Å². The van der Waals surface area contributed by atoms with E-state index >= 15 is 0 Å². The first kappa shape index (κ1) is 11.7. The summed E-state index contributed by atoms with van der Waals surface area (Å²) in [5.41, 5.74) is 2.06. The van der Waals surface area contributed by atoms with Crippen molar-refractivity contribution in [3.05, 3.63) is 41.7 Å². The van der Waals surface area contributed by atoms with Crippen molar-refractivity contribution < 1.29 is 4.79 Å². The van der Waals surface area contributed by atoms with E-state index in [0.717, 1.165) is 5.69 Å². The van der Waals surface area contributed by atoms with Gasteiger partial charge in [-0.15, -0.1) is 12.6 Å². The first-order valence-electron chi connectivity index (χ1n) is 5.17. The van der Waals surface area contributed by atoms with Gasteiger partial charge in [0, 0.05) is 18.1 Å². The van der Waals surface area contributed by atoms with E-state index in [0.29, 0.717) is 16.1 Å². The lowest BCUT2D eigenvalue weighted by atomic mass is 10.2. The molecule has 1 amide bonds. The maximum atomic E-state index is 12.0. The number of aryl methyl sites for hydroxylation is 2. The van der Waals surface area contributed by atoms with Gasteiger partial charge in [-0.3, -0.25) is 9.48 Å². The molecule has 0 aliphatic heterocycles. The molecule has 2 rings (SSSR count). The number of amides is 1. The highest BCUT2D eigenvalue weighted by Crippen LogP contribution is 2.17. The highest BCUT2D eigenvalue weighted by molar-refractivity contribution is 7.80. The highest BCUT2D eigenvalue weighted by Gasteiger charge is 2.11. The number of thiol groups is 1. The SMILES string of the molecule is Cc1nn(C)cc1NC(=O)c1ccccc1S. The Morgan fingerprint density at radius 1 is 1.41 bits per heavy atom. The average molecular weight is 247 g/mol. The predicted octanol–water partition coefficient (Wildman–Crippen LogP) is 2.27. The van der Waals surface area contributed by atoms with E-state index in [-0.39, 0.29) is 5.91 Å². The van der Waals surface area contributed by atoms with Gasteiger partial charge in [-0.2, -0.15) is 5.10 Å². The van der Waals surface area contributed by atoms with Crippen LogP contribution in [0.25, 0.3) is 0 Å². The number of hydrogen-bond acceptors (Lipinski definition) is 3. The molecule has 17 heavy (non-hydrogen) atoms. The van der Waals surface area contributed by atoms with Gasteiger partial charge in [-0.05, 0) is 19.1 Å². The van der Waals surface area contributed by atoms with Gasteiger partial charge in [0.05, 0.1) is 16.9 Å². The van der Waals surface area contributed by atoms with Crippen LogP contribution < -0.4 is 5.32 Å². The average Bonchev–Trinajstić information content (AvgIpc) is 2.58. The predicted molar refractivity (Wildman–Crippen MR) is 69.6 cm³/mol. The van der Waals surface area contributed by atoms with Crippen LogP contribution in [0.3, 0.4) is 0 Å². The van der Waals surface area contributed by atoms with E-state index in [9.17, 15) is 4.79 Å². The molecule has 2 aromatic rings. The summed E-state index contributed by atoms with van der Waals surface area (Å²) in [6, 6.07) is 7.18. The number of carbonyl (C=O) groups is 1. The van der Waals surface area contributed by atoms with Crippen LogP contribution in [0.2, 0.25) is 0 Å². The van der Waals surface area contributed by atoms with Crippen LogP contribution in [-0.2, 0) is 7.05 Å². The Hall–Kier alpha value is -1.75. The number of nitrogens with one attached hydrogen (secondary N) is 1. The molecule has 88 valence electrons. The van der Waals surface area contributed by atoms with Crippen LogP contribution >= 0.6 is 12.6 Å². The second-order valence-corrected chi connectivity index (χ2v) is 4.25. The lowest BCUT2D eigenvalue weighted by molar-refractivity contribution is 0.102. The minimum absolute atomic E-state index is 0.174. The van der Waals surface area contributed by atoms with E-state index in [2.05, 4.69) is 23.0 Å².